The van der Waals surface area contributed by atoms with Crippen LogP contribution < -0.4 is 14.8 Å². The molecule has 2 aromatic rings. The lowest BCUT2D eigenvalue weighted by atomic mass is 10.0. The molecule has 0 aromatic heterocycles. The number of ether oxygens (including phenoxy) is 2. The molecule has 0 aliphatic carbocycles. The zero-order valence-electron chi connectivity index (χ0n) is 19.3. The third-order valence-electron chi connectivity index (χ3n) is 5.89. The summed E-state index contributed by atoms with van der Waals surface area (Å²) < 4.78 is 38.7. The van der Waals surface area contributed by atoms with Gasteiger partial charge in [-0.2, -0.15) is 4.31 Å². The van der Waals surface area contributed by atoms with Gasteiger partial charge >= 0.3 is 0 Å². The van der Waals surface area contributed by atoms with Gasteiger partial charge in [0.15, 0.2) is 5.78 Å². The monoisotopic (exact) mass is 474 g/mol. The summed E-state index contributed by atoms with van der Waals surface area (Å²) in [6.45, 7) is 3.50. The van der Waals surface area contributed by atoms with Crippen LogP contribution in [0.15, 0.2) is 47.4 Å². The summed E-state index contributed by atoms with van der Waals surface area (Å²) >= 11 is 0. The van der Waals surface area contributed by atoms with Crippen molar-refractivity contribution < 1.29 is 27.5 Å². The molecule has 178 valence electrons. The van der Waals surface area contributed by atoms with Crippen molar-refractivity contribution in [3.8, 4) is 11.5 Å². The van der Waals surface area contributed by atoms with Crippen molar-refractivity contribution >= 4 is 21.7 Å². The number of amides is 1. The molecule has 1 saturated heterocycles. The van der Waals surface area contributed by atoms with Gasteiger partial charge in [0.05, 0.1) is 25.2 Å². The lowest BCUT2D eigenvalue weighted by molar-refractivity contribution is -0.126. The van der Waals surface area contributed by atoms with Gasteiger partial charge in [-0.25, -0.2) is 8.42 Å². The molecule has 9 heteroatoms. The standard InChI is InChI=1S/C24H30N2O6S/c1-16(21-15-19(31-3)10-13-23(21)32-4)25-24(28)22-7-5-6-14-26(22)33(29,30)20-11-8-18(9-12-20)17(2)27/h8-13,15-16,22H,5-7,14H2,1-4H3,(H,25,28)/t16-,22-/m1/s1. The molecule has 33 heavy (non-hydrogen) atoms. The molecule has 8 nitrogen and oxygen atoms in total. The Labute approximate surface area is 194 Å². The van der Waals surface area contributed by atoms with Crippen LogP contribution in [0.2, 0.25) is 0 Å². The maximum atomic E-state index is 13.3. The van der Waals surface area contributed by atoms with E-state index in [0.717, 1.165) is 12.0 Å². The predicted octanol–water partition coefficient (Wildman–Crippen LogP) is 3.33. The van der Waals surface area contributed by atoms with Crippen LogP contribution in [-0.2, 0) is 14.8 Å². The maximum absolute atomic E-state index is 13.3. The molecule has 3 rings (SSSR count). The number of Topliss-reactive ketones (excluding diaryl/α,β-unsaturated/α-hetero) is 1. The quantitative estimate of drug-likeness (QED) is 0.589. The van der Waals surface area contributed by atoms with Crippen molar-refractivity contribution in [1.29, 1.82) is 0 Å². The Morgan fingerprint density at radius 1 is 1.06 bits per heavy atom. The number of sulfonamides is 1. The fraction of sp³-hybridized carbons (Fsp3) is 0.417. The van der Waals surface area contributed by atoms with E-state index in [2.05, 4.69) is 5.32 Å². The number of hydrogen-bond acceptors (Lipinski definition) is 6. The highest BCUT2D eigenvalue weighted by Crippen LogP contribution is 2.31. The van der Waals surface area contributed by atoms with Gasteiger partial charge in [0, 0.05) is 17.7 Å². The number of nitrogens with zero attached hydrogens (tertiary/aromatic N) is 1. The first-order chi connectivity index (χ1) is 15.7. The molecular weight excluding hydrogens is 444 g/mol. The first kappa shape index (κ1) is 24.7. The van der Waals surface area contributed by atoms with Crippen LogP contribution in [0.4, 0.5) is 0 Å². The topological polar surface area (TPSA) is 102 Å². The first-order valence-electron chi connectivity index (χ1n) is 10.8. The van der Waals surface area contributed by atoms with Gasteiger partial charge in [-0.05, 0) is 57.0 Å². The van der Waals surface area contributed by atoms with E-state index in [1.54, 1.807) is 32.4 Å². The first-order valence-corrected chi connectivity index (χ1v) is 12.3. The molecule has 0 radical (unpaired) electrons. The number of carbonyl (C=O) groups excluding carboxylic acids is 2. The summed E-state index contributed by atoms with van der Waals surface area (Å²) in [5.41, 5.74) is 1.16. The molecule has 1 N–H and O–H groups in total. The molecule has 1 fully saturated rings. The van der Waals surface area contributed by atoms with Gasteiger partial charge in [0.25, 0.3) is 0 Å². The second-order valence-electron chi connectivity index (χ2n) is 8.05. The van der Waals surface area contributed by atoms with Crippen LogP contribution in [0.25, 0.3) is 0 Å². The van der Waals surface area contributed by atoms with Gasteiger partial charge in [-0.1, -0.05) is 18.6 Å². The van der Waals surface area contributed by atoms with Crippen LogP contribution in [0, 0.1) is 0 Å². The molecule has 0 spiro atoms. The molecule has 2 aromatic carbocycles. The Balaban J connectivity index is 1.83. The number of rotatable bonds is 8. The van der Waals surface area contributed by atoms with E-state index in [9.17, 15) is 18.0 Å². The summed E-state index contributed by atoms with van der Waals surface area (Å²) in [5, 5.41) is 2.94. The zero-order chi connectivity index (χ0) is 24.2. The summed E-state index contributed by atoms with van der Waals surface area (Å²) in [6, 6.07) is 9.88. The highest BCUT2D eigenvalue weighted by molar-refractivity contribution is 7.89. The molecule has 1 amide bonds. The van der Waals surface area contributed by atoms with Gasteiger partial charge in [0.2, 0.25) is 15.9 Å². The second kappa shape index (κ2) is 10.4. The Bertz CT molecular complexity index is 1110. The average molecular weight is 475 g/mol. The van der Waals surface area contributed by atoms with E-state index in [1.807, 2.05) is 6.92 Å². The number of benzene rings is 2. The summed E-state index contributed by atoms with van der Waals surface area (Å²) in [5.74, 6) is 0.720. The molecule has 1 aliphatic rings. The van der Waals surface area contributed by atoms with Crippen molar-refractivity contribution in [1.82, 2.24) is 9.62 Å². The third kappa shape index (κ3) is 5.36. The lowest BCUT2D eigenvalue weighted by Crippen LogP contribution is -2.52. The van der Waals surface area contributed by atoms with Gasteiger partial charge < -0.3 is 14.8 Å². The summed E-state index contributed by atoms with van der Waals surface area (Å²) in [7, 11) is -0.800. The minimum atomic E-state index is -3.91. The van der Waals surface area contributed by atoms with E-state index in [4.69, 9.17) is 9.47 Å². The average Bonchev–Trinajstić information content (AvgIpc) is 2.83. The molecular formula is C24H30N2O6S. The second-order valence-corrected chi connectivity index (χ2v) is 9.94. The number of nitrogens with one attached hydrogen (secondary N) is 1. The van der Waals surface area contributed by atoms with E-state index >= 15 is 0 Å². The summed E-state index contributed by atoms with van der Waals surface area (Å²) in [6.07, 6.45) is 1.86. The molecule has 0 unspecified atom stereocenters. The minimum Gasteiger partial charge on any atom is -0.497 e. The van der Waals surface area contributed by atoms with Crippen molar-refractivity contribution in [3.05, 3.63) is 53.6 Å². The highest BCUT2D eigenvalue weighted by atomic mass is 32.2. The number of ketones is 1. The van der Waals surface area contributed by atoms with Crippen molar-refractivity contribution in [3.63, 3.8) is 0 Å². The van der Waals surface area contributed by atoms with Crippen LogP contribution in [0.1, 0.15) is 55.1 Å². The van der Waals surface area contributed by atoms with E-state index in [0.29, 0.717) is 29.9 Å². The van der Waals surface area contributed by atoms with Gasteiger partial charge in [-0.15, -0.1) is 0 Å². The normalized spacial score (nSPS) is 17.8. The predicted molar refractivity (Wildman–Crippen MR) is 124 cm³/mol. The fourth-order valence-corrected chi connectivity index (χ4v) is 5.67. The fourth-order valence-electron chi connectivity index (χ4n) is 4.02. The lowest BCUT2D eigenvalue weighted by Gasteiger charge is -2.34. The zero-order valence-corrected chi connectivity index (χ0v) is 20.1. The van der Waals surface area contributed by atoms with Crippen molar-refractivity contribution in [2.24, 2.45) is 0 Å². The minimum absolute atomic E-state index is 0.0645. The Kier molecular flexibility index (Phi) is 7.76. The molecule has 1 heterocycles. The number of methoxy groups -OCH3 is 2. The van der Waals surface area contributed by atoms with E-state index < -0.39 is 22.1 Å². The summed E-state index contributed by atoms with van der Waals surface area (Å²) in [4.78, 5) is 24.8. The van der Waals surface area contributed by atoms with Crippen LogP contribution in [0.3, 0.4) is 0 Å². The van der Waals surface area contributed by atoms with E-state index in [1.165, 1.54) is 35.5 Å². The number of hydrogen-bond donors (Lipinski definition) is 1. The molecule has 0 saturated carbocycles. The maximum Gasteiger partial charge on any atom is 0.243 e. The van der Waals surface area contributed by atoms with Crippen molar-refractivity contribution in [2.45, 2.75) is 50.1 Å². The Morgan fingerprint density at radius 2 is 1.76 bits per heavy atom. The smallest absolute Gasteiger partial charge is 0.243 e. The molecule has 2 atom stereocenters. The van der Waals surface area contributed by atoms with E-state index in [-0.39, 0.29) is 23.1 Å². The van der Waals surface area contributed by atoms with Crippen LogP contribution in [0.5, 0.6) is 11.5 Å². The van der Waals surface area contributed by atoms with Gasteiger partial charge in [0.1, 0.15) is 17.5 Å². The van der Waals surface area contributed by atoms with Crippen LogP contribution in [-0.4, -0.2) is 51.2 Å². The molecule has 1 aliphatic heterocycles. The molecule has 0 bridgehead atoms. The largest absolute Gasteiger partial charge is 0.497 e. The number of piperidine rings is 1. The van der Waals surface area contributed by atoms with Gasteiger partial charge in [-0.3, -0.25) is 9.59 Å². The number of carbonyl (C=O) groups is 2. The Hall–Kier alpha value is -2.91. The van der Waals surface area contributed by atoms with Crippen LogP contribution >= 0.6 is 0 Å². The Morgan fingerprint density at radius 3 is 2.36 bits per heavy atom. The highest BCUT2D eigenvalue weighted by Gasteiger charge is 2.38. The third-order valence-corrected chi connectivity index (χ3v) is 7.81. The van der Waals surface area contributed by atoms with Crippen molar-refractivity contribution in [2.75, 3.05) is 20.8 Å². The SMILES string of the molecule is COc1ccc(OC)c([C@@H](C)NC(=O)[C@H]2CCCCN2S(=O)(=O)c2ccc(C(C)=O)cc2)c1.